The molecule has 0 radical (unpaired) electrons. The predicted molar refractivity (Wildman–Crippen MR) is 101 cm³/mol. The zero-order valence-electron chi connectivity index (χ0n) is 14.3. The molecule has 0 spiro atoms. The van der Waals surface area contributed by atoms with Gasteiger partial charge in [0, 0.05) is 17.8 Å². The number of hydrogen-bond donors (Lipinski definition) is 1. The molecule has 24 heavy (non-hydrogen) atoms. The Balaban J connectivity index is 2.26. The molecule has 0 heterocycles. The van der Waals surface area contributed by atoms with Gasteiger partial charge < -0.3 is 14.8 Å². The smallest absolute Gasteiger partial charge is 0.165 e. The molecule has 2 aromatic carbocycles. The Hall–Kier alpha value is -2.68. The molecule has 0 saturated heterocycles. The topological polar surface area (TPSA) is 30.5 Å². The molecular formula is C21H25NO2. The molecule has 3 nitrogen and oxygen atoms in total. The molecule has 0 aromatic heterocycles. The molecule has 0 unspecified atom stereocenters. The van der Waals surface area contributed by atoms with E-state index in [1.54, 1.807) is 6.08 Å². The van der Waals surface area contributed by atoms with E-state index >= 15 is 0 Å². The van der Waals surface area contributed by atoms with Gasteiger partial charge in [-0.3, -0.25) is 0 Å². The van der Waals surface area contributed by atoms with Crippen molar-refractivity contribution in [2.45, 2.75) is 19.9 Å². The summed E-state index contributed by atoms with van der Waals surface area (Å²) in [6.45, 7) is 11.3. The summed E-state index contributed by atoms with van der Waals surface area (Å²) in [5, 5.41) is 3.42. The molecule has 2 rings (SSSR count). The lowest BCUT2D eigenvalue weighted by Crippen LogP contribution is -2.05. The van der Waals surface area contributed by atoms with E-state index < -0.39 is 0 Å². The van der Waals surface area contributed by atoms with Crippen LogP contribution in [0, 0.1) is 0 Å². The van der Waals surface area contributed by atoms with Gasteiger partial charge >= 0.3 is 0 Å². The molecule has 2 aromatic rings. The van der Waals surface area contributed by atoms with Crippen LogP contribution in [-0.4, -0.2) is 13.2 Å². The quantitative estimate of drug-likeness (QED) is 0.625. The van der Waals surface area contributed by atoms with Gasteiger partial charge in [0.15, 0.2) is 11.5 Å². The van der Waals surface area contributed by atoms with Crippen molar-refractivity contribution in [2.75, 3.05) is 18.5 Å². The molecule has 0 amide bonds. The Morgan fingerprint density at radius 2 is 1.83 bits per heavy atom. The van der Waals surface area contributed by atoms with Gasteiger partial charge in [0.1, 0.15) is 6.61 Å². The van der Waals surface area contributed by atoms with Crippen LogP contribution in [0.3, 0.4) is 0 Å². The SMILES string of the molecule is C=CCOc1c(CC=C)cc(CNc2ccccc2)cc1OCC. The summed E-state index contributed by atoms with van der Waals surface area (Å²) in [6, 6.07) is 14.3. The van der Waals surface area contributed by atoms with E-state index in [1.165, 1.54) is 0 Å². The third kappa shape index (κ3) is 4.92. The maximum atomic E-state index is 5.83. The number of para-hydroxylation sites is 1. The van der Waals surface area contributed by atoms with E-state index in [0.29, 0.717) is 13.2 Å². The molecule has 126 valence electrons. The fourth-order valence-electron chi connectivity index (χ4n) is 2.46. The normalized spacial score (nSPS) is 10.0. The average molecular weight is 323 g/mol. The summed E-state index contributed by atoms with van der Waals surface area (Å²) < 4.78 is 11.6. The predicted octanol–water partition coefficient (Wildman–Crippen LogP) is 4.99. The fraction of sp³-hybridized carbons (Fsp3) is 0.238. The van der Waals surface area contributed by atoms with Gasteiger partial charge in [-0.1, -0.05) is 36.9 Å². The van der Waals surface area contributed by atoms with Crippen molar-refractivity contribution in [1.82, 2.24) is 0 Å². The van der Waals surface area contributed by atoms with Crippen molar-refractivity contribution in [3.05, 3.63) is 78.9 Å². The minimum atomic E-state index is 0.450. The van der Waals surface area contributed by atoms with E-state index in [1.807, 2.05) is 37.3 Å². The first kappa shape index (κ1) is 17.7. The van der Waals surface area contributed by atoms with E-state index in [0.717, 1.165) is 41.3 Å². The highest BCUT2D eigenvalue weighted by Gasteiger charge is 2.13. The maximum absolute atomic E-state index is 5.83. The summed E-state index contributed by atoms with van der Waals surface area (Å²) in [7, 11) is 0. The highest BCUT2D eigenvalue weighted by Crippen LogP contribution is 2.34. The lowest BCUT2D eigenvalue weighted by atomic mass is 10.1. The molecule has 0 bridgehead atoms. The number of ether oxygens (including phenoxy) is 2. The zero-order valence-corrected chi connectivity index (χ0v) is 14.3. The van der Waals surface area contributed by atoms with Gasteiger partial charge in [-0.15, -0.1) is 6.58 Å². The highest BCUT2D eigenvalue weighted by molar-refractivity contribution is 5.52. The Labute approximate surface area is 144 Å². The molecule has 3 heteroatoms. The Bertz CT molecular complexity index is 665. The van der Waals surface area contributed by atoms with Crippen LogP contribution in [0.25, 0.3) is 0 Å². The largest absolute Gasteiger partial charge is 0.490 e. The number of anilines is 1. The van der Waals surface area contributed by atoms with Crippen LogP contribution in [-0.2, 0) is 13.0 Å². The standard InChI is InChI=1S/C21H25NO2/c1-4-10-18-14-17(16-22-19-11-8-7-9-12-19)15-20(23-6-3)21(18)24-13-5-2/h4-5,7-9,11-12,14-15,22H,1-2,6,10,13,16H2,3H3. The molecule has 0 aliphatic carbocycles. The van der Waals surface area contributed by atoms with E-state index in [4.69, 9.17) is 9.47 Å². The van der Waals surface area contributed by atoms with Crippen LogP contribution in [0.5, 0.6) is 11.5 Å². The first-order valence-corrected chi connectivity index (χ1v) is 8.20. The van der Waals surface area contributed by atoms with Crippen LogP contribution >= 0.6 is 0 Å². The second-order valence-electron chi connectivity index (χ2n) is 5.33. The van der Waals surface area contributed by atoms with Crippen LogP contribution in [0.1, 0.15) is 18.1 Å². The van der Waals surface area contributed by atoms with E-state index in [2.05, 4.69) is 36.7 Å². The van der Waals surface area contributed by atoms with Gasteiger partial charge in [-0.05, 0) is 43.2 Å². The summed E-state index contributed by atoms with van der Waals surface area (Å²) >= 11 is 0. The first-order valence-electron chi connectivity index (χ1n) is 8.20. The molecule has 0 fully saturated rings. The molecule has 0 aliphatic rings. The molecule has 0 saturated carbocycles. The highest BCUT2D eigenvalue weighted by atomic mass is 16.5. The van der Waals surface area contributed by atoms with Gasteiger partial charge in [0.2, 0.25) is 0 Å². The number of hydrogen-bond acceptors (Lipinski definition) is 3. The van der Waals surface area contributed by atoms with Crippen LogP contribution in [0.2, 0.25) is 0 Å². The van der Waals surface area contributed by atoms with Crippen LogP contribution in [0.15, 0.2) is 67.8 Å². The number of allylic oxidation sites excluding steroid dienone is 1. The van der Waals surface area contributed by atoms with Crippen molar-refractivity contribution in [2.24, 2.45) is 0 Å². The van der Waals surface area contributed by atoms with Gasteiger partial charge in [-0.2, -0.15) is 0 Å². The van der Waals surface area contributed by atoms with Crippen molar-refractivity contribution in [3.63, 3.8) is 0 Å². The second kappa shape index (κ2) is 9.46. The Morgan fingerprint density at radius 3 is 2.50 bits per heavy atom. The number of nitrogens with one attached hydrogen (secondary N) is 1. The van der Waals surface area contributed by atoms with E-state index in [-0.39, 0.29) is 0 Å². The zero-order chi connectivity index (χ0) is 17.2. The van der Waals surface area contributed by atoms with Crippen LogP contribution < -0.4 is 14.8 Å². The molecule has 0 aliphatic heterocycles. The van der Waals surface area contributed by atoms with Crippen molar-refractivity contribution >= 4 is 5.69 Å². The van der Waals surface area contributed by atoms with Crippen molar-refractivity contribution in [3.8, 4) is 11.5 Å². The minimum absolute atomic E-state index is 0.450. The lowest BCUT2D eigenvalue weighted by molar-refractivity contribution is 0.294. The third-order valence-electron chi connectivity index (χ3n) is 3.47. The maximum Gasteiger partial charge on any atom is 0.165 e. The second-order valence-corrected chi connectivity index (χ2v) is 5.33. The summed E-state index contributed by atoms with van der Waals surface area (Å²) in [4.78, 5) is 0. The summed E-state index contributed by atoms with van der Waals surface area (Å²) in [5.74, 6) is 1.55. The third-order valence-corrected chi connectivity index (χ3v) is 3.47. The first-order chi connectivity index (χ1) is 11.8. The van der Waals surface area contributed by atoms with Crippen molar-refractivity contribution < 1.29 is 9.47 Å². The molecule has 1 N–H and O–H groups in total. The minimum Gasteiger partial charge on any atom is -0.490 e. The number of benzene rings is 2. The van der Waals surface area contributed by atoms with Gasteiger partial charge in [-0.25, -0.2) is 0 Å². The van der Waals surface area contributed by atoms with Gasteiger partial charge in [0.05, 0.1) is 6.61 Å². The van der Waals surface area contributed by atoms with E-state index in [9.17, 15) is 0 Å². The Morgan fingerprint density at radius 1 is 1.04 bits per heavy atom. The van der Waals surface area contributed by atoms with Crippen molar-refractivity contribution in [1.29, 1.82) is 0 Å². The average Bonchev–Trinajstić information content (AvgIpc) is 2.61. The van der Waals surface area contributed by atoms with Crippen LogP contribution in [0.4, 0.5) is 5.69 Å². The summed E-state index contributed by atoms with van der Waals surface area (Å²) in [6.07, 6.45) is 4.34. The molecule has 0 atom stereocenters. The Kier molecular flexibility index (Phi) is 6.96. The monoisotopic (exact) mass is 323 g/mol. The lowest BCUT2D eigenvalue weighted by Gasteiger charge is -2.17. The molecular weight excluding hydrogens is 298 g/mol. The summed E-state index contributed by atoms with van der Waals surface area (Å²) in [5.41, 5.74) is 3.31. The van der Waals surface area contributed by atoms with Gasteiger partial charge in [0.25, 0.3) is 0 Å². The number of rotatable bonds is 10. The fourth-order valence-corrected chi connectivity index (χ4v) is 2.46.